The molecule has 0 aliphatic heterocycles. The van der Waals surface area contributed by atoms with Gasteiger partial charge in [0.2, 0.25) is 0 Å². The van der Waals surface area contributed by atoms with Crippen molar-refractivity contribution in [2.75, 3.05) is 0 Å². The molecule has 0 saturated heterocycles. The first-order valence-electron chi connectivity index (χ1n) is 7.56. The van der Waals surface area contributed by atoms with Crippen LogP contribution in [0.2, 0.25) is 0 Å². The van der Waals surface area contributed by atoms with Gasteiger partial charge in [-0.25, -0.2) is 9.59 Å². The fourth-order valence-corrected chi connectivity index (χ4v) is 3.57. The van der Waals surface area contributed by atoms with Gasteiger partial charge in [0, 0.05) is 6.04 Å². The number of carboxylic acid groups (broad SMARTS) is 1. The Morgan fingerprint density at radius 2 is 2.05 bits per heavy atom. The molecule has 1 heterocycles. The van der Waals surface area contributed by atoms with Crippen molar-refractivity contribution in [3.63, 3.8) is 0 Å². The number of rotatable bonds is 3. The summed E-state index contributed by atoms with van der Waals surface area (Å²) in [5.41, 5.74) is 1.10. The Hall–Kier alpha value is -2.04. The van der Waals surface area contributed by atoms with Crippen molar-refractivity contribution in [2.24, 2.45) is 5.92 Å². The summed E-state index contributed by atoms with van der Waals surface area (Å²) in [5, 5.41) is 9.38. The average molecular weight is 288 g/mol. The molecule has 5 nitrogen and oxygen atoms in total. The summed E-state index contributed by atoms with van der Waals surface area (Å²) in [4.78, 5) is 26.5. The molecule has 2 aromatic rings. The summed E-state index contributed by atoms with van der Waals surface area (Å²) in [6, 6.07) is 5.00. The van der Waals surface area contributed by atoms with Crippen molar-refractivity contribution in [3.05, 3.63) is 34.2 Å². The van der Waals surface area contributed by atoms with Crippen molar-refractivity contribution >= 4 is 17.0 Å². The molecule has 1 unspecified atom stereocenters. The maximum absolute atomic E-state index is 12.3. The van der Waals surface area contributed by atoms with Crippen molar-refractivity contribution < 1.29 is 9.90 Å². The van der Waals surface area contributed by atoms with Gasteiger partial charge in [-0.3, -0.25) is 4.57 Å². The third kappa shape index (κ3) is 2.37. The molecule has 0 bridgehead atoms. The normalized spacial score (nSPS) is 18.0. The molecule has 1 aromatic heterocycles. The van der Waals surface area contributed by atoms with Crippen molar-refractivity contribution in [1.29, 1.82) is 0 Å². The summed E-state index contributed by atoms with van der Waals surface area (Å²) >= 11 is 0. The smallest absolute Gasteiger partial charge is 0.337 e. The fourth-order valence-electron chi connectivity index (χ4n) is 3.57. The van der Waals surface area contributed by atoms with E-state index in [0.29, 0.717) is 17.0 Å². The Morgan fingerprint density at radius 1 is 1.33 bits per heavy atom. The van der Waals surface area contributed by atoms with E-state index in [4.69, 9.17) is 0 Å². The molecule has 0 spiro atoms. The number of carboxylic acids is 1. The zero-order chi connectivity index (χ0) is 15.0. The van der Waals surface area contributed by atoms with Gasteiger partial charge in [-0.1, -0.05) is 25.3 Å². The lowest BCUT2D eigenvalue weighted by atomic mass is 9.84. The van der Waals surface area contributed by atoms with Gasteiger partial charge in [0.25, 0.3) is 0 Å². The molecule has 21 heavy (non-hydrogen) atoms. The van der Waals surface area contributed by atoms with E-state index in [2.05, 4.69) is 4.98 Å². The van der Waals surface area contributed by atoms with Crippen LogP contribution in [0.15, 0.2) is 23.0 Å². The molecular formula is C16H20N2O3. The highest BCUT2D eigenvalue weighted by Crippen LogP contribution is 2.33. The molecule has 3 rings (SSSR count). The van der Waals surface area contributed by atoms with Crippen LogP contribution >= 0.6 is 0 Å². The number of fused-ring (bicyclic) bond motifs is 1. The zero-order valence-corrected chi connectivity index (χ0v) is 12.1. The SMILES string of the molecule is CC(C1CCCCC1)n1c(=O)[nH]c2cccc(C(=O)O)c21. The van der Waals surface area contributed by atoms with E-state index in [9.17, 15) is 14.7 Å². The number of carbonyl (C=O) groups is 1. The number of aromatic nitrogens is 2. The highest BCUT2D eigenvalue weighted by atomic mass is 16.4. The van der Waals surface area contributed by atoms with Crippen LogP contribution in [0.1, 0.15) is 55.4 Å². The summed E-state index contributed by atoms with van der Waals surface area (Å²) in [6.45, 7) is 2.03. The Morgan fingerprint density at radius 3 is 2.71 bits per heavy atom. The predicted molar refractivity (Wildman–Crippen MR) is 80.8 cm³/mol. The van der Waals surface area contributed by atoms with Crippen LogP contribution in [0.4, 0.5) is 0 Å². The second-order valence-corrected chi connectivity index (χ2v) is 5.95. The molecule has 1 saturated carbocycles. The highest BCUT2D eigenvalue weighted by molar-refractivity contribution is 6.01. The number of H-pyrrole nitrogens is 1. The number of nitrogens with one attached hydrogen (secondary N) is 1. The average Bonchev–Trinajstić information content (AvgIpc) is 2.83. The first-order valence-corrected chi connectivity index (χ1v) is 7.56. The number of aromatic amines is 1. The van der Waals surface area contributed by atoms with Crippen LogP contribution in [-0.4, -0.2) is 20.6 Å². The number of para-hydroxylation sites is 1. The Kier molecular flexibility index (Phi) is 3.57. The summed E-state index contributed by atoms with van der Waals surface area (Å²) in [5.74, 6) is -0.554. The van der Waals surface area contributed by atoms with Gasteiger partial charge in [-0.05, 0) is 37.8 Å². The van der Waals surface area contributed by atoms with Crippen LogP contribution in [0.3, 0.4) is 0 Å². The topological polar surface area (TPSA) is 75.1 Å². The third-order valence-electron chi connectivity index (χ3n) is 4.71. The molecule has 0 amide bonds. The summed E-state index contributed by atoms with van der Waals surface area (Å²) < 4.78 is 1.65. The largest absolute Gasteiger partial charge is 0.478 e. The molecule has 5 heteroatoms. The minimum atomic E-state index is -0.996. The van der Waals surface area contributed by atoms with Crippen molar-refractivity contribution in [2.45, 2.75) is 45.1 Å². The van der Waals surface area contributed by atoms with E-state index in [1.807, 2.05) is 6.92 Å². The molecule has 1 aromatic carbocycles. The Labute approximate surface area is 122 Å². The number of hydrogen-bond acceptors (Lipinski definition) is 2. The van der Waals surface area contributed by atoms with E-state index in [1.165, 1.54) is 19.3 Å². The molecular weight excluding hydrogens is 268 g/mol. The van der Waals surface area contributed by atoms with E-state index in [1.54, 1.807) is 22.8 Å². The van der Waals surface area contributed by atoms with Gasteiger partial charge in [0.15, 0.2) is 0 Å². The minimum Gasteiger partial charge on any atom is -0.478 e. The van der Waals surface area contributed by atoms with Crippen molar-refractivity contribution in [1.82, 2.24) is 9.55 Å². The monoisotopic (exact) mass is 288 g/mol. The predicted octanol–water partition coefficient (Wildman–Crippen LogP) is 3.17. The van der Waals surface area contributed by atoms with Gasteiger partial charge in [0.1, 0.15) is 0 Å². The van der Waals surface area contributed by atoms with Gasteiger partial charge in [-0.2, -0.15) is 0 Å². The van der Waals surface area contributed by atoms with E-state index in [-0.39, 0.29) is 17.3 Å². The van der Waals surface area contributed by atoms with E-state index >= 15 is 0 Å². The lowest BCUT2D eigenvalue weighted by Crippen LogP contribution is -2.27. The van der Waals surface area contributed by atoms with Gasteiger partial charge in [-0.15, -0.1) is 0 Å². The van der Waals surface area contributed by atoms with E-state index in [0.717, 1.165) is 12.8 Å². The molecule has 1 fully saturated rings. The molecule has 0 radical (unpaired) electrons. The van der Waals surface area contributed by atoms with Gasteiger partial charge in [0.05, 0.1) is 16.6 Å². The Balaban J connectivity index is 2.14. The Bertz CT molecular complexity index is 723. The molecule has 1 atom stereocenters. The molecule has 2 N–H and O–H groups in total. The van der Waals surface area contributed by atoms with Crippen LogP contribution in [-0.2, 0) is 0 Å². The van der Waals surface area contributed by atoms with Crippen molar-refractivity contribution in [3.8, 4) is 0 Å². The standard InChI is InChI=1S/C16H20N2O3/c1-10(11-6-3-2-4-7-11)18-14-12(15(19)20)8-5-9-13(14)17-16(18)21/h5,8-11H,2-4,6-7H2,1H3,(H,17,21)(H,19,20). The van der Waals surface area contributed by atoms with Gasteiger partial charge < -0.3 is 10.1 Å². The minimum absolute atomic E-state index is 0.0204. The lowest BCUT2D eigenvalue weighted by Gasteiger charge is -2.28. The van der Waals surface area contributed by atoms with Crippen LogP contribution in [0, 0.1) is 5.92 Å². The summed E-state index contributed by atoms with van der Waals surface area (Å²) in [6.07, 6.45) is 5.85. The maximum atomic E-state index is 12.3. The maximum Gasteiger partial charge on any atom is 0.337 e. The van der Waals surface area contributed by atoms with Crippen LogP contribution in [0.5, 0.6) is 0 Å². The van der Waals surface area contributed by atoms with E-state index < -0.39 is 5.97 Å². The second-order valence-electron chi connectivity index (χ2n) is 5.95. The first-order chi connectivity index (χ1) is 10.1. The van der Waals surface area contributed by atoms with Crippen LogP contribution < -0.4 is 5.69 Å². The van der Waals surface area contributed by atoms with Gasteiger partial charge >= 0.3 is 11.7 Å². The quantitative estimate of drug-likeness (QED) is 0.911. The first kappa shape index (κ1) is 13.9. The number of aromatic carboxylic acids is 1. The number of hydrogen-bond donors (Lipinski definition) is 2. The number of imidazole rings is 1. The van der Waals surface area contributed by atoms with Crippen LogP contribution in [0.25, 0.3) is 11.0 Å². The zero-order valence-electron chi connectivity index (χ0n) is 12.1. The molecule has 112 valence electrons. The highest BCUT2D eigenvalue weighted by Gasteiger charge is 2.26. The fraction of sp³-hybridized carbons (Fsp3) is 0.500. The lowest BCUT2D eigenvalue weighted by molar-refractivity contribution is 0.0698. The second kappa shape index (κ2) is 5.39. The number of benzene rings is 1. The third-order valence-corrected chi connectivity index (χ3v) is 4.71. The molecule has 1 aliphatic carbocycles. The number of nitrogens with zero attached hydrogens (tertiary/aromatic N) is 1. The molecule has 1 aliphatic rings. The summed E-state index contributed by atoms with van der Waals surface area (Å²) in [7, 11) is 0.